The number of hydrogen-bond donors (Lipinski definition) is 2. The van der Waals surface area contributed by atoms with Gasteiger partial charge in [0.2, 0.25) is 6.79 Å². The van der Waals surface area contributed by atoms with Crippen molar-refractivity contribution in [3.8, 4) is 11.5 Å². The lowest BCUT2D eigenvalue weighted by atomic mass is 10.2. The van der Waals surface area contributed by atoms with Crippen LogP contribution in [0.3, 0.4) is 0 Å². The fraction of sp³-hybridized carbons (Fsp3) is 0.538. The first kappa shape index (κ1) is 13.0. The largest absolute Gasteiger partial charge is 0.454 e. The number of likely N-dealkylation sites (N-methyl/N-ethyl adjacent to an activating group) is 1. The van der Waals surface area contributed by atoms with E-state index in [2.05, 4.69) is 5.32 Å². The van der Waals surface area contributed by atoms with Gasteiger partial charge in [0.05, 0.1) is 6.10 Å². The van der Waals surface area contributed by atoms with E-state index in [1.165, 1.54) is 0 Å². The maximum absolute atomic E-state index is 9.87. The van der Waals surface area contributed by atoms with E-state index in [0.29, 0.717) is 6.54 Å². The predicted octanol–water partition coefficient (Wildman–Crippen LogP) is 0.822. The molecule has 1 atom stereocenters. The highest BCUT2D eigenvalue weighted by Crippen LogP contribution is 2.35. The van der Waals surface area contributed by atoms with Crippen molar-refractivity contribution >= 4 is 5.69 Å². The normalized spacial score (nSPS) is 14.6. The van der Waals surface area contributed by atoms with Gasteiger partial charge in [0.15, 0.2) is 11.5 Å². The van der Waals surface area contributed by atoms with E-state index in [1.807, 2.05) is 37.2 Å². The molecule has 0 spiro atoms. The SMILES string of the molecule is CNCCC(O)CN(C)c1ccc2c(c1)OCO2. The highest BCUT2D eigenvalue weighted by molar-refractivity contribution is 5.56. The molecule has 100 valence electrons. The summed E-state index contributed by atoms with van der Waals surface area (Å²) in [5.41, 5.74) is 1.02. The van der Waals surface area contributed by atoms with Gasteiger partial charge in [0, 0.05) is 25.3 Å². The standard InChI is InChI=1S/C13H20N2O3/c1-14-6-5-11(16)8-15(2)10-3-4-12-13(7-10)18-9-17-12/h3-4,7,11,14,16H,5-6,8-9H2,1-2H3. The van der Waals surface area contributed by atoms with Crippen molar-refractivity contribution in [2.75, 3.05) is 38.9 Å². The Morgan fingerprint density at radius 1 is 1.39 bits per heavy atom. The van der Waals surface area contributed by atoms with Crippen molar-refractivity contribution in [3.63, 3.8) is 0 Å². The number of fused-ring (bicyclic) bond motifs is 1. The Kier molecular flexibility index (Phi) is 4.28. The molecule has 1 aliphatic heterocycles. The van der Waals surface area contributed by atoms with Crippen LogP contribution in [0.15, 0.2) is 18.2 Å². The highest BCUT2D eigenvalue weighted by atomic mass is 16.7. The summed E-state index contributed by atoms with van der Waals surface area (Å²) in [6.45, 7) is 1.70. The Hall–Kier alpha value is -1.46. The van der Waals surface area contributed by atoms with Gasteiger partial charge in [-0.2, -0.15) is 0 Å². The van der Waals surface area contributed by atoms with Crippen LogP contribution in [0, 0.1) is 0 Å². The molecular formula is C13H20N2O3. The van der Waals surface area contributed by atoms with Crippen molar-refractivity contribution in [2.45, 2.75) is 12.5 Å². The molecular weight excluding hydrogens is 232 g/mol. The van der Waals surface area contributed by atoms with E-state index in [9.17, 15) is 5.11 Å². The van der Waals surface area contributed by atoms with E-state index >= 15 is 0 Å². The van der Waals surface area contributed by atoms with Crippen LogP contribution in [-0.4, -0.2) is 45.2 Å². The third kappa shape index (κ3) is 3.05. The minimum Gasteiger partial charge on any atom is -0.454 e. The molecule has 1 aromatic carbocycles. The second kappa shape index (κ2) is 5.93. The third-order valence-electron chi connectivity index (χ3n) is 3.01. The number of rotatable bonds is 6. The van der Waals surface area contributed by atoms with Crippen molar-refractivity contribution in [3.05, 3.63) is 18.2 Å². The van der Waals surface area contributed by atoms with E-state index in [4.69, 9.17) is 9.47 Å². The molecule has 0 aliphatic carbocycles. The molecule has 18 heavy (non-hydrogen) atoms. The summed E-state index contributed by atoms with van der Waals surface area (Å²) in [6.07, 6.45) is 0.402. The number of nitrogens with one attached hydrogen (secondary N) is 1. The summed E-state index contributed by atoms with van der Waals surface area (Å²) in [5.74, 6) is 1.55. The molecule has 5 heteroatoms. The monoisotopic (exact) mass is 252 g/mol. The number of aliphatic hydroxyl groups is 1. The molecule has 0 radical (unpaired) electrons. The molecule has 0 bridgehead atoms. The summed E-state index contributed by atoms with van der Waals surface area (Å²) in [5, 5.41) is 12.9. The first-order chi connectivity index (χ1) is 8.70. The lowest BCUT2D eigenvalue weighted by Gasteiger charge is -2.23. The molecule has 1 aliphatic rings. The average Bonchev–Trinajstić information content (AvgIpc) is 2.83. The van der Waals surface area contributed by atoms with Gasteiger partial charge in [0.25, 0.3) is 0 Å². The van der Waals surface area contributed by atoms with Gasteiger partial charge in [-0.05, 0) is 32.1 Å². The first-order valence-corrected chi connectivity index (χ1v) is 6.14. The van der Waals surface area contributed by atoms with Crippen LogP contribution in [0.2, 0.25) is 0 Å². The topological polar surface area (TPSA) is 54.0 Å². The Morgan fingerprint density at radius 3 is 2.94 bits per heavy atom. The molecule has 0 amide bonds. The number of aliphatic hydroxyl groups excluding tert-OH is 1. The van der Waals surface area contributed by atoms with Crippen LogP contribution in [0.25, 0.3) is 0 Å². The van der Waals surface area contributed by atoms with E-state index < -0.39 is 0 Å². The van der Waals surface area contributed by atoms with Gasteiger partial charge in [-0.3, -0.25) is 0 Å². The summed E-state index contributed by atoms with van der Waals surface area (Å²) < 4.78 is 10.6. The number of anilines is 1. The molecule has 1 heterocycles. The Balaban J connectivity index is 1.94. The summed E-state index contributed by atoms with van der Waals surface area (Å²) in [7, 11) is 3.84. The maximum atomic E-state index is 9.87. The lowest BCUT2D eigenvalue weighted by molar-refractivity contribution is 0.171. The molecule has 0 saturated heterocycles. The Bertz CT molecular complexity index is 398. The van der Waals surface area contributed by atoms with Crippen LogP contribution in [-0.2, 0) is 0 Å². The van der Waals surface area contributed by atoms with Gasteiger partial charge < -0.3 is 24.8 Å². The maximum Gasteiger partial charge on any atom is 0.231 e. The van der Waals surface area contributed by atoms with Crippen molar-refractivity contribution in [2.24, 2.45) is 0 Å². The summed E-state index contributed by atoms with van der Waals surface area (Å²) >= 11 is 0. The molecule has 5 nitrogen and oxygen atoms in total. The van der Waals surface area contributed by atoms with Crippen LogP contribution < -0.4 is 19.7 Å². The van der Waals surface area contributed by atoms with E-state index in [0.717, 1.165) is 30.2 Å². The van der Waals surface area contributed by atoms with Crippen molar-refractivity contribution < 1.29 is 14.6 Å². The highest BCUT2D eigenvalue weighted by Gasteiger charge is 2.15. The second-order valence-electron chi connectivity index (χ2n) is 4.46. The zero-order valence-electron chi connectivity index (χ0n) is 10.8. The number of ether oxygens (including phenoxy) is 2. The zero-order chi connectivity index (χ0) is 13.0. The number of benzene rings is 1. The molecule has 0 aromatic heterocycles. The molecule has 1 unspecified atom stereocenters. The van der Waals surface area contributed by atoms with Crippen LogP contribution in [0.1, 0.15) is 6.42 Å². The van der Waals surface area contributed by atoms with Crippen LogP contribution >= 0.6 is 0 Å². The Labute approximate surface area is 107 Å². The molecule has 0 fully saturated rings. The summed E-state index contributed by atoms with van der Waals surface area (Å²) in [6, 6.07) is 5.81. The van der Waals surface area contributed by atoms with Crippen molar-refractivity contribution in [1.29, 1.82) is 0 Å². The van der Waals surface area contributed by atoms with Crippen LogP contribution in [0.5, 0.6) is 11.5 Å². The summed E-state index contributed by atoms with van der Waals surface area (Å²) in [4.78, 5) is 2.02. The second-order valence-corrected chi connectivity index (χ2v) is 4.46. The van der Waals surface area contributed by atoms with Gasteiger partial charge in [0.1, 0.15) is 0 Å². The van der Waals surface area contributed by atoms with Gasteiger partial charge in [-0.1, -0.05) is 0 Å². The van der Waals surface area contributed by atoms with Crippen molar-refractivity contribution in [1.82, 2.24) is 5.32 Å². The van der Waals surface area contributed by atoms with Gasteiger partial charge in [-0.25, -0.2) is 0 Å². The van der Waals surface area contributed by atoms with Crippen LogP contribution in [0.4, 0.5) is 5.69 Å². The quantitative estimate of drug-likeness (QED) is 0.785. The number of hydrogen-bond acceptors (Lipinski definition) is 5. The lowest BCUT2D eigenvalue weighted by Crippen LogP contribution is -2.31. The fourth-order valence-electron chi connectivity index (χ4n) is 1.95. The number of nitrogens with zero attached hydrogens (tertiary/aromatic N) is 1. The molecule has 1 aromatic rings. The van der Waals surface area contributed by atoms with E-state index in [1.54, 1.807) is 0 Å². The predicted molar refractivity (Wildman–Crippen MR) is 70.4 cm³/mol. The third-order valence-corrected chi connectivity index (χ3v) is 3.01. The fourth-order valence-corrected chi connectivity index (χ4v) is 1.95. The Morgan fingerprint density at radius 2 is 2.17 bits per heavy atom. The molecule has 2 N–H and O–H groups in total. The first-order valence-electron chi connectivity index (χ1n) is 6.14. The smallest absolute Gasteiger partial charge is 0.231 e. The average molecular weight is 252 g/mol. The minimum absolute atomic E-state index is 0.285. The van der Waals surface area contributed by atoms with Gasteiger partial charge in [-0.15, -0.1) is 0 Å². The molecule has 0 saturated carbocycles. The minimum atomic E-state index is -0.340. The van der Waals surface area contributed by atoms with Gasteiger partial charge >= 0.3 is 0 Å². The van der Waals surface area contributed by atoms with E-state index in [-0.39, 0.29) is 12.9 Å². The molecule has 2 rings (SSSR count). The zero-order valence-corrected chi connectivity index (χ0v) is 10.8.